The molecule has 1 rings (SSSR count). The van der Waals surface area contributed by atoms with Crippen LogP contribution in [0.3, 0.4) is 0 Å². The zero-order valence-electron chi connectivity index (χ0n) is 11.9. The van der Waals surface area contributed by atoms with E-state index in [9.17, 15) is 4.79 Å². The van der Waals surface area contributed by atoms with Crippen molar-refractivity contribution in [2.24, 2.45) is 0 Å². The standard InChI is InChI=1S/C15H23NO3/c1-4-8-16(12(2)3)9-10-19-14-7-5-6-13(11-14)15(17)18/h5-7,11-12H,4,8-10H2,1-3H3,(H,17,18). The quantitative estimate of drug-likeness (QED) is 0.785. The molecule has 19 heavy (non-hydrogen) atoms. The molecule has 0 aromatic heterocycles. The molecule has 0 radical (unpaired) electrons. The van der Waals surface area contributed by atoms with Gasteiger partial charge in [-0.2, -0.15) is 0 Å². The second kappa shape index (κ2) is 7.79. The van der Waals surface area contributed by atoms with Crippen LogP contribution in [-0.4, -0.2) is 41.7 Å². The van der Waals surface area contributed by atoms with Crippen LogP contribution in [0.5, 0.6) is 5.75 Å². The maximum Gasteiger partial charge on any atom is 0.335 e. The van der Waals surface area contributed by atoms with Gasteiger partial charge in [0.15, 0.2) is 0 Å². The zero-order chi connectivity index (χ0) is 14.3. The highest BCUT2D eigenvalue weighted by Gasteiger charge is 2.08. The fourth-order valence-corrected chi connectivity index (χ4v) is 1.92. The summed E-state index contributed by atoms with van der Waals surface area (Å²) in [5.41, 5.74) is 0.256. The summed E-state index contributed by atoms with van der Waals surface area (Å²) in [6.07, 6.45) is 1.12. The van der Waals surface area contributed by atoms with Crippen molar-refractivity contribution in [3.05, 3.63) is 29.8 Å². The Balaban J connectivity index is 2.48. The molecule has 106 valence electrons. The van der Waals surface area contributed by atoms with E-state index in [0.29, 0.717) is 18.4 Å². The monoisotopic (exact) mass is 265 g/mol. The van der Waals surface area contributed by atoms with Crippen LogP contribution in [0.25, 0.3) is 0 Å². The predicted octanol–water partition coefficient (Wildman–Crippen LogP) is 2.88. The molecule has 1 N–H and O–H groups in total. The summed E-state index contributed by atoms with van der Waals surface area (Å²) in [6.45, 7) is 8.97. The number of ether oxygens (including phenoxy) is 1. The second-order valence-corrected chi connectivity index (χ2v) is 4.81. The average Bonchev–Trinajstić information content (AvgIpc) is 2.38. The van der Waals surface area contributed by atoms with Crippen molar-refractivity contribution in [2.45, 2.75) is 33.2 Å². The third-order valence-corrected chi connectivity index (χ3v) is 2.97. The normalized spacial score (nSPS) is 11.0. The van der Waals surface area contributed by atoms with E-state index in [1.807, 2.05) is 0 Å². The fraction of sp³-hybridized carbons (Fsp3) is 0.533. The molecule has 0 atom stereocenters. The molecule has 0 spiro atoms. The van der Waals surface area contributed by atoms with Gasteiger partial charge in [-0.1, -0.05) is 13.0 Å². The lowest BCUT2D eigenvalue weighted by Crippen LogP contribution is -2.35. The van der Waals surface area contributed by atoms with Crippen molar-refractivity contribution < 1.29 is 14.6 Å². The first-order chi connectivity index (χ1) is 9.04. The van der Waals surface area contributed by atoms with Crippen molar-refractivity contribution in [1.82, 2.24) is 4.90 Å². The minimum Gasteiger partial charge on any atom is -0.492 e. The number of rotatable bonds is 8. The van der Waals surface area contributed by atoms with E-state index in [1.165, 1.54) is 0 Å². The summed E-state index contributed by atoms with van der Waals surface area (Å²) >= 11 is 0. The Morgan fingerprint density at radius 1 is 1.37 bits per heavy atom. The third-order valence-electron chi connectivity index (χ3n) is 2.97. The first-order valence-electron chi connectivity index (χ1n) is 6.74. The lowest BCUT2D eigenvalue weighted by atomic mass is 10.2. The Hall–Kier alpha value is -1.55. The van der Waals surface area contributed by atoms with Crippen LogP contribution < -0.4 is 4.74 Å². The Kier molecular flexibility index (Phi) is 6.36. The number of hydrogen-bond donors (Lipinski definition) is 1. The molecule has 0 aliphatic heterocycles. The minimum absolute atomic E-state index is 0.256. The van der Waals surface area contributed by atoms with E-state index < -0.39 is 5.97 Å². The Labute approximate surface area is 115 Å². The van der Waals surface area contributed by atoms with Gasteiger partial charge in [0.05, 0.1) is 5.56 Å². The molecule has 0 bridgehead atoms. The van der Waals surface area contributed by atoms with E-state index in [4.69, 9.17) is 9.84 Å². The maximum atomic E-state index is 10.8. The van der Waals surface area contributed by atoms with Crippen LogP contribution in [0.1, 0.15) is 37.6 Å². The van der Waals surface area contributed by atoms with Crippen molar-refractivity contribution in [3.8, 4) is 5.75 Å². The highest BCUT2D eigenvalue weighted by atomic mass is 16.5. The fourth-order valence-electron chi connectivity index (χ4n) is 1.92. The van der Waals surface area contributed by atoms with Crippen LogP contribution in [0.15, 0.2) is 24.3 Å². The molecule has 1 aromatic rings. The molecule has 4 nitrogen and oxygen atoms in total. The maximum absolute atomic E-state index is 10.8. The van der Waals surface area contributed by atoms with E-state index in [0.717, 1.165) is 19.5 Å². The summed E-state index contributed by atoms with van der Waals surface area (Å²) in [5, 5.41) is 8.90. The number of benzene rings is 1. The SMILES string of the molecule is CCCN(CCOc1cccc(C(=O)O)c1)C(C)C. The van der Waals surface area contributed by atoms with Gasteiger partial charge in [0.25, 0.3) is 0 Å². The minimum atomic E-state index is -0.930. The topological polar surface area (TPSA) is 49.8 Å². The van der Waals surface area contributed by atoms with E-state index in [1.54, 1.807) is 24.3 Å². The van der Waals surface area contributed by atoms with Gasteiger partial charge < -0.3 is 9.84 Å². The molecule has 0 saturated carbocycles. The molecule has 0 saturated heterocycles. The van der Waals surface area contributed by atoms with Crippen molar-refractivity contribution >= 4 is 5.97 Å². The van der Waals surface area contributed by atoms with Gasteiger partial charge in [-0.15, -0.1) is 0 Å². The highest BCUT2D eigenvalue weighted by molar-refractivity contribution is 5.87. The lowest BCUT2D eigenvalue weighted by Gasteiger charge is -2.25. The van der Waals surface area contributed by atoms with Crippen molar-refractivity contribution in [3.63, 3.8) is 0 Å². The van der Waals surface area contributed by atoms with Crippen LogP contribution in [0.2, 0.25) is 0 Å². The molecule has 0 fully saturated rings. The van der Waals surface area contributed by atoms with Gasteiger partial charge in [-0.05, 0) is 45.0 Å². The van der Waals surface area contributed by atoms with Crippen LogP contribution in [0, 0.1) is 0 Å². The average molecular weight is 265 g/mol. The molecule has 0 unspecified atom stereocenters. The second-order valence-electron chi connectivity index (χ2n) is 4.81. The molecule has 0 aliphatic carbocycles. The molecule has 0 amide bonds. The Morgan fingerprint density at radius 2 is 2.11 bits per heavy atom. The van der Waals surface area contributed by atoms with Crippen LogP contribution >= 0.6 is 0 Å². The predicted molar refractivity (Wildman–Crippen MR) is 75.9 cm³/mol. The summed E-state index contributed by atoms with van der Waals surface area (Å²) in [6, 6.07) is 7.10. The lowest BCUT2D eigenvalue weighted by molar-refractivity contribution is 0.0696. The van der Waals surface area contributed by atoms with Gasteiger partial charge in [0, 0.05) is 12.6 Å². The number of hydrogen-bond acceptors (Lipinski definition) is 3. The van der Waals surface area contributed by atoms with Gasteiger partial charge >= 0.3 is 5.97 Å². The number of aromatic carboxylic acids is 1. The van der Waals surface area contributed by atoms with Gasteiger partial charge in [0.2, 0.25) is 0 Å². The first-order valence-corrected chi connectivity index (χ1v) is 6.74. The van der Waals surface area contributed by atoms with E-state index >= 15 is 0 Å². The Morgan fingerprint density at radius 3 is 2.68 bits per heavy atom. The zero-order valence-corrected chi connectivity index (χ0v) is 11.9. The number of nitrogens with zero attached hydrogens (tertiary/aromatic N) is 1. The van der Waals surface area contributed by atoms with Crippen molar-refractivity contribution in [2.75, 3.05) is 19.7 Å². The van der Waals surface area contributed by atoms with Crippen LogP contribution in [-0.2, 0) is 0 Å². The molecular weight excluding hydrogens is 242 g/mol. The third kappa shape index (κ3) is 5.30. The highest BCUT2D eigenvalue weighted by Crippen LogP contribution is 2.13. The van der Waals surface area contributed by atoms with E-state index in [2.05, 4.69) is 25.7 Å². The Bertz CT molecular complexity index is 404. The molecule has 4 heteroatoms. The van der Waals surface area contributed by atoms with Gasteiger partial charge in [0.1, 0.15) is 12.4 Å². The van der Waals surface area contributed by atoms with Gasteiger partial charge in [-0.25, -0.2) is 4.79 Å². The summed E-state index contributed by atoms with van der Waals surface area (Å²) in [4.78, 5) is 13.2. The van der Waals surface area contributed by atoms with Crippen molar-refractivity contribution in [1.29, 1.82) is 0 Å². The molecule has 1 aromatic carbocycles. The van der Waals surface area contributed by atoms with E-state index in [-0.39, 0.29) is 5.56 Å². The van der Waals surface area contributed by atoms with Gasteiger partial charge in [-0.3, -0.25) is 4.90 Å². The first kappa shape index (κ1) is 15.5. The summed E-state index contributed by atoms with van der Waals surface area (Å²) < 4.78 is 5.62. The summed E-state index contributed by atoms with van der Waals surface area (Å²) in [5.74, 6) is -0.319. The largest absolute Gasteiger partial charge is 0.492 e. The molecule has 0 heterocycles. The number of carboxylic acid groups (broad SMARTS) is 1. The molecular formula is C15H23NO3. The summed E-state index contributed by atoms with van der Waals surface area (Å²) in [7, 11) is 0. The van der Waals surface area contributed by atoms with Crippen LogP contribution in [0.4, 0.5) is 0 Å². The number of carbonyl (C=O) groups is 1. The molecule has 0 aliphatic rings. The number of carboxylic acids is 1. The smallest absolute Gasteiger partial charge is 0.335 e.